The van der Waals surface area contributed by atoms with Crippen molar-refractivity contribution in [3.8, 4) is 5.75 Å². The fraction of sp³-hybridized carbons (Fsp3) is 0.364. The summed E-state index contributed by atoms with van der Waals surface area (Å²) in [5, 5.41) is 12.2. The standard InChI is InChI=1S/C11H16N2O2/c1-7(13-8(2)11(12)15)9-3-5-10(14)6-4-9/h3-8,13-14H,1-2H3,(H2,12,15). The molecule has 0 aromatic heterocycles. The molecule has 1 aromatic rings. The normalized spacial score (nSPS) is 14.5. The van der Waals surface area contributed by atoms with Gasteiger partial charge in [0.1, 0.15) is 5.75 Å². The van der Waals surface area contributed by atoms with E-state index in [0.29, 0.717) is 0 Å². The predicted octanol–water partition coefficient (Wildman–Crippen LogP) is 0.917. The number of nitrogens with two attached hydrogens (primary N) is 1. The lowest BCUT2D eigenvalue weighted by Gasteiger charge is -2.17. The monoisotopic (exact) mass is 208 g/mol. The van der Waals surface area contributed by atoms with Gasteiger partial charge in [-0.2, -0.15) is 0 Å². The second-order valence-corrected chi connectivity index (χ2v) is 3.60. The number of hydrogen-bond acceptors (Lipinski definition) is 3. The molecular weight excluding hydrogens is 192 g/mol. The van der Waals surface area contributed by atoms with Crippen LogP contribution in [-0.2, 0) is 4.79 Å². The molecule has 0 spiro atoms. The summed E-state index contributed by atoms with van der Waals surface area (Å²) in [6, 6.07) is 6.49. The first-order chi connectivity index (χ1) is 7.00. The number of nitrogens with one attached hydrogen (secondary N) is 1. The Morgan fingerprint density at radius 2 is 1.87 bits per heavy atom. The lowest BCUT2D eigenvalue weighted by molar-refractivity contribution is -0.119. The average molecular weight is 208 g/mol. The smallest absolute Gasteiger partial charge is 0.234 e. The Bertz CT molecular complexity index is 335. The predicted molar refractivity (Wildman–Crippen MR) is 58.3 cm³/mol. The Hall–Kier alpha value is -1.55. The Kier molecular flexibility index (Phi) is 3.68. The van der Waals surface area contributed by atoms with E-state index in [1.807, 2.05) is 6.92 Å². The zero-order chi connectivity index (χ0) is 11.4. The molecule has 0 aliphatic rings. The van der Waals surface area contributed by atoms with Crippen LogP contribution in [0.3, 0.4) is 0 Å². The first-order valence-corrected chi connectivity index (χ1v) is 4.85. The molecule has 0 fully saturated rings. The molecule has 4 N–H and O–H groups in total. The minimum atomic E-state index is -0.374. The Morgan fingerprint density at radius 3 is 2.33 bits per heavy atom. The molecular formula is C11H16N2O2. The molecule has 1 aromatic carbocycles. The van der Waals surface area contributed by atoms with Gasteiger partial charge >= 0.3 is 0 Å². The molecule has 0 radical (unpaired) electrons. The van der Waals surface area contributed by atoms with Gasteiger partial charge in [0, 0.05) is 6.04 Å². The molecule has 82 valence electrons. The van der Waals surface area contributed by atoms with Crippen LogP contribution in [0.2, 0.25) is 0 Å². The van der Waals surface area contributed by atoms with Crippen LogP contribution in [0.25, 0.3) is 0 Å². The van der Waals surface area contributed by atoms with Crippen LogP contribution in [0.1, 0.15) is 25.5 Å². The fourth-order valence-corrected chi connectivity index (χ4v) is 1.32. The Balaban J connectivity index is 2.64. The summed E-state index contributed by atoms with van der Waals surface area (Å²) in [6.07, 6.45) is 0. The summed E-state index contributed by atoms with van der Waals surface area (Å²) >= 11 is 0. The Labute approximate surface area is 89.1 Å². The summed E-state index contributed by atoms with van der Waals surface area (Å²) in [5.41, 5.74) is 6.15. The summed E-state index contributed by atoms with van der Waals surface area (Å²) in [4.78, 5) is 10.8. The van der Waals surface area contributed by atoms with Crippen LogP contribution < -0.4 is 11.1 Å². The van der Waals surface area contributed by atoms with Crippen LogP contribution in [-0.4, -0.2) is 17.1 Å². The zero-order valence-electron chi connectivity index (χ0n) is 8.90. The molecule has 1 rings (SSSR count). The maximum absolute atomic E-state index is 10.8. The number of carbonyl (C=O) groups excluding carboxylic acids is 1. The Morgan fingerprint density at radius 1 is 1.33 bits per heavy atom. The number of phenols is 1. The van der Waals surface area contributed by atoms with E-state index in [-0.39, 0.29) is 23.7 Å². The van der Waals surface area contributed by atoms with Crippen molar-refractivity contribution in [3.63, 3.8) is 0 Å². The molecule has 4 heteroatoms. The minimum absolute atomic E-state index is 0.0214. The molecule has 1 amide bonds. The first kappa shape index (κ1) is 11.5. The second-order valence-electron chi connectivity index (χ2n) is 3.60. The number of carbonyl (C=O) groups is 1. The summed E-state index contributed by atoms with van der Waals surface area (Å²) < 4.78 is 0. The van der Waals surface area contributed by atoms with E-state index in [9.17, 15) is 4.79 Å². The van der Waals surface area contributed by atoms with Crippen molar-refractivity contribution >= 4 is 5.91 Å². The van der Waals surface area contributed by atoms with E-state index in [1.54, 1.807) is 31.2 Å². The third-order valence-electron chi connectivity index (χ3n) is 2.32. The van der Waals surface area contributed by atoms with Crippen molar-refractivity contribution in [2.24, 2.45) is 5.73 Å². The van der Waals surface area contributed by atoms with Crippen molar-refractivity contribution < 1.29 is 9.90 Å². The quantitative estimate of drug-likeness (QED) is 0.688. The van der Waals surface area contributed by atoms with Crippen LogP contribution in [0.5, 0.6) is 5.75 Å². The van der Waals surface area contributed by atoms with Crippen molar-refractivity contribution in [3.05, 3.63) is 29.8 Å². The van der Waals surface area contributed by atoms with Gasteiger partial charge in [-0.05, 0) is 31.5 Å². The van der Waals surface area contributed by atoms with Crippen molar-refractivity contribution in [1.82, 2.24) is 5.32 Å². The van der Waals surface area contributed by atoms with Crippen LogP contribution in [0, 0.1) is 0 Å². The number of primary amides is 1. The third-order valence-corrected chi connectivity index (χ3v) is 2.32. The molecule has 15 heavy (non-hydrogen) atoms. The maximum Gasteiger partial charge on any atom is 0.234 e. The van der Waals surface area contributed by atoms with E-state index >= 15 is 0 Å². The number of benzene rings is 1. The molecule has 2 atom stereocenters. The zero-order valence-corrected chi connectivity index (χ0v) is 8.90. The largest absolute Gasteiger partial charge is 0.508 e. The summed E-state index contributed by atoms with van der Waals surface area (Å²) in [6.45, 7) is 3.66. The summed E-state index contributed by atoms with van der Waals surface area (Å²) in [7, 11) is 0. The number of phenolic OH excluding ortho intramolecular Hbond substituents is 1. The van der Waals surface area contributed by atoms with Crippen LogP contribution in [0.4, 0.5) is 0 Å². The number of aromatic hydroxyl groups is 1. The van der Waals surface area contributed by atoms with Crippen LogP contribution >= 0.6 is 0 Å². The van der Waals surface area contributed by atoms with Crippen molar-refractivity contribution in [2.45, 2.75) is 25.9 Å². The van der Waals surface area contributed by atoms with E-state index in [1.165, 1.54) is 0 Å². The molecule has 0 heterocycles. The second kappa shape index (κ2) is 4.79. The van der Waals surface area contributed by atoms with Gasteiger partial charge in [0.15, 0.2) is 0 Å². The van der Waals surface area contributed by atoms with E-state index in [4.69, 9.17) is 10.8 Å². The number of rotatable bonds is 4. The van der Waals surface area contributed by atoms with E-state index in [2.05, 4.69) is 5.32 Å². The number of amides is 1. The average Bonchev–Trinajstić information content (AvgIpc) is 2.18. The van der Waals surface area contributed by atoms with Gasteiger partial charge in [0.2, 0.25) is 5.91 Å². The highest BCUT2D eigenvalue weighted by Crippen LogP contribution is 2.16. The van der Waals surface area contributed by atoms with Gasteiger partial charge in [-0.1, -0.05) is 12.1 Å². The van der Waals surface area contributed by atoms with Gasteiger partial charge in [-0.3, -0.25) is 10.1 Å². The highest BCUT2D eigenvalue weighted by Gasteiger charge is 2.12. The molecule has 0 bridgehead atoms. The molecule has 0 aliphatic carbocycles. The highest BCUT2D eigenvalue weighted by molar-refractivity contribution is 5.79. The van der Waals surface area contributed by atoms with Gasteiger partial charge < -0.3 is 10.8 Å². The van der Waals surface area contributed by atoms with Gasteiger partial charge in [-0.15, -0.1) is 0 Å². The lowest BCUT2D eigenvalue weighted by atomic mass is 10.1. The minimum Gasteiger partial charge on any atom is -0.508 e. The molecule has 0 saturated carbocycles. The van der Waals surface area contributed by atoms with Gasteiger partial charge in [0.25, 0.3) is 0 Å². The van der Waals surface area contributed by atoms with Crippen molar-refractivity contribution in [1.29, 1.82) is 0 Å². The van der Waals surface area contributed by atoms with Crippen molar-refractivity contribution in [2.75, 3.05) is 0 Å². The van der Waals surface area contributed by atoms with Gasteiger partial charge in [-0.25, -0.2) is 0 Å². The topological polar surface area (TPSA) is 75.3 Å². The molecule has 0 aliphatic heterocycles. The number of hydrogen-bond donors (Lipinski definition) is 3. The molecule has 0 saturated heterocycles. The molecule has 4 nitrogen and oxygen atoms in total. The van der Waals surface area contributed by atoms with Gasteiger partial charge in [0.05, 0.1) is 6.04 Å². The highest BCUT2D eigenvalue weighted by atomic mass is 16.3. The maximum atomic E-state index is 10.8. The third kappa shape index (κ3) is 3.25. The molecule has 2 unspecified atom stereocenters. The fourth-order valence-electron chi connectivity index (χ4n) is 1.32. The lowest BCUT2D eigenvalue weighted by Crippen LogP contribution is -2.39. The van der Waals surface area contributed by atoms with E-state index < -0.39 is 0 Å². The van der Waals surface area contributed by atoms with E-state index in [0.717, 1.165) is 5.56 Å². The SMILES string of the molecule is CC(NC(C)c1ccc(O)cc1)C(N)=O. The summed E-state index contributed by atoms with van der Waals surface area (Å²) in [5.74, 6) is -0.144. The first-order valence-electron chi connectivity index (χ1n) is 4.85. The van der Waals surface area contributed by atoms with Crippen LogP contribution in [0.15, 0.2) is 24.3 Å².